The molecule has 0 aromatic heterocycles. The predicted molar refractivity (Wildman–Crippen MR) is 75.7 cm³/mol. The molecule has 0 atom stereocenters. The largest absolute Gasteiger partial charge is 0.478 e. The Hall–Kier alpha value is -2.82. The summed E-state index contributed by atoms with van der Waals surface area (Å²) in [6.07, 6.45) is 0. The molecule has 5 nitrogen and oxygen atoms in total. The molecule has 2 amide bonds. The van der Waals surface area contributed by atoms with Gasteiger partial charge >= 0.3 is 12.0 Å². The van der Waals surface area contributed by atoms with E-state index in [9.17, 15) is 9.59 Å². The lowest BCUT2D eigenvalue weighted by Crippen LogP contribution is -2.28. The Balaban J connectivity index is 1.91. The van der Waals surface area contributed by atoms with Crippen LogP contribution < -0.4 is 10.6 Å². The first-order valence-corrected chi connectivity index (χ1v) is 6.07. The lowest BCUT2D eigenvalue weighted by Gasteiger charge is -2.08. The van der Waals surface area contributed by atoms with E-state index in [-0.39, 0.29) is 11.6 Å². The van der Waals surface area contributed by atoms with E-state index >= 15 is 0 Å². The van der Waals surface area contributed by atoms with Crippen molar-refractivity contribution in [1.29, 1.82) is 0 Å². The maximum Gasteiger partial charge on any atom is 0.335 e. The van der Waals surface area contributed by atoms with Crippen molar-refractivity contribution in [1.82, 2.24) is 5.32 Å². The molecule has 2 aromatic rings. The lowest BCUT2D eigenvalue weighted by atomic mass is 10.2. The molecule has 0 aliphatic carbocycles. The number of rotatable bonds is 4. The van der Waals surface area contributed by atoms with E-state index in [1.54, 1.807) is 12.1 Å². The monoisotopic (exact) mass is 270 g/mol. The summed E-state index contributed by atoms with van der Waals surface area (Å²) in [4.78, 5) is 22.5. The number of nitrogens with one attached hydrogen (secondary N) is 2. The zero-order valence-corrected chi connectivity index (χ0v) is 10.7. The number of aromatic carboxylic acids is 1. The third-order valence-corrected chi connectivity index (χ3v) is 2.66. The van der Waals surface area contributed by atoms with Crippen LogP contribution in [0.2, 0.25) is 0 Å². The lowest BCUT2D eigenvalue weighted by molar-refractivity contribution is 0.0697. The van der Waals surface area contributed by atoms with E-state index in [1.807, 2.05) is 30.3 Å². The van der Waals surface area contributed by atoms with Gasteiger partial charge in [0.2, 0.25) is 0 Å². The second-order valence-electron chi connectivity index (χ2n) is 4.18. The third kappa shape index (κ3) is 3.84. The van der Waals surface area contributed by atoms with Gasteiger partial charge in [-0.15, -0.1) is 0 Å². The molecule has 0 aliphatic rings. The molecule has 0 heterocycles. The Morgan fingerprint density at radius 2 is 1.75 bits per heavy atom. The molecule has 2 rings (SSSR count). The number of carbonyl (C=O) groups excluding carboxylic acids is 1. The average molecular weight is 270 g/mol. The normalized spacial score (nSPS) is 9.80. The van der Waals surface area contributed by atoms with Gasteiger partial charge in [0.15, 0.2) is 0 Å². The summed E-state index contributed by atoms with van der Waals surface area (Å²) < 4.78 is 0. The summed E-state index contributed by atoms with van der Waals surface area (Å²) in [5, 5.41) is 14.2. The minimum absolute atomic E-state index is 0.130. The first-order valence-electron chi connectivity index (χ1n) is 6.07. The topological polar surface area (TPSA) is 78.4 Å². The SMILES string of the molecule is O=C(NCc1ccccc1)Nc1cccc(C(=O)O)c1. The smallest absolute Gasteiger partial charge is 0.335 e. The van der Waals surface area contributed by atoms with Gasteiger partial charge < -0.3 is 15.7 Å². The molecule has 5 heteroatoms. The number of anilines is 1. The molecule has 0 radical (unpaired) electrons. The van der Waals surface area contributed by atoms with Crippen LogP contribution in [0.4, 0.5) is 10.5 Å². The van der Waals surface area contributed by atoms with Crippen LogP contribution in [-0.4, -0.2) is 17.1 Å². The fourth-order valence-corrected chi connectivity index (χ4v) is 1.68. The minimum atomic E-state index is -1.03. The summed E-state index contributed by atoms with van der Waals surface area (Å²) in [6.45, 7) is 0.408. The summed E-state index contributed by atoms with van der Waals surface area (Å²) >= 11 is 0. The molecule has 20 heavy (non-hydrogen) atoms. The van der Waals surface area contributed by atoms with Crippen LogP contribution in [0.3, 0.4) is 0 Å². The Bertz CT molecular complexity index is 612. The van der Waals surface area contributed by atoms with E-state index < -0.39 is 5.97 Å². The molecule has 0 saturated carbocycles. The molecule has 0 aliphatic heterocycles. The summed E-state index contributed by atoms with van der Waals surface area (Å²) in [5.74, 6) is -1.03. The number of carboxylic acids is 1. The van der Waals surface area contributed by atoms with Crippen molar-refractivity contribution in [2.75, 3.05) is 5.32 Å². The van der Waals surface area contributed by atoms with Crippen molar-refractivity contribution >= 4 is 17.7 Å². The van der Waals surface area contributed by atoms with Crippen LogP contribution in [0, 0.1) is 0 Å². The van der Waals surface area contributed by atoms with Crippen LogP contribution in [0.15, 0.2) is 54.6 Å². The molecule has 102 valence electrons. The maximum atomic E-state index is 11.7. The predicted octanol–water partition coefficient (Wildman–Crippen LogP) is 2.71. The Labute approximate surface area is 116 Å². The second-order valence-corrected chi connectivity index (χ2v) is 4.18. The van der Waals surface area contributed by atoms with Crippen LogP contribution in [0.5, 0.6) is 0 Å². The van der Waals surface area contributed by atoms with Gasteiger partial charge in [-0.1, -0.05) is 36.4 Å². The van der Waals surface area contributed by atoms with Crippen molar-refractivity contribution in [2.24, 2.45) is 0 Å². The van der Waals surface area contributed by atoms with E-state index in [4.69, 9.17) is 5.11 Å². The van der Waals surface area contributed by atoms with Crippen LogP contribution in [0.1, 0.15) is 15.9 Å². The van der Waals surface area contributed by atoms with Gasteiger partial charge in [-0.25, -0.2) is 9.59 Å². The van der Waals surface area contributed by atoms with Gasteiger partial charge in [0, 0.05) is 12.2 Å². The van der Waals surface area contributed by atoms with Crippen LogP contribution in [-0.2, 0) is 6.54 Å². The number of benzene rings is 2. The minimum Gasteiger partial charge on any atom is -0.478 e. The maximum absolute atomic E-state index is 11.7. The van der Waals surface area contributed by atoms with Crippen molar-refractivity contribution in [2.45, 2.75) is 6.54 Å². The quantitative estimate of drug-likeness (QED) is 0.799. The highest BCUT2D eigenvalue weighted by Gasteiger charge is 2.05. The fourth-order valence-electron chi connectivity index (χ4n) is 1.68. The summed E-state index contributed by atoms with van der Waals surface area (Å²) in [6, 6.07) is 15.2. The van der Waals surface area contributed by atoms with Crippen molar-refractivity contribution in [3.05, 3.63) is 65.7 Å². The number of hydrogen-bond acceptors (Lipinski definition) is 2. The van der Waals surface area contributed by atoms with Crippen molar-refractivity contribution in [3.63, 3.8) is 0 Å². The molecule has 0 saturated heterocycles. The number of urea groups is 1. The van der Waals surface area contributed by atoms with Gasteiger partial charge in [-0.3, -0.25) is 0 Å². The number of carbonyl (C=O) groups is 2. The van der Waals surface area contributed by atoms with Crippen LogP contribution in [0.25, 0.3) is 0 Å². The first-order chi connectivity index (χ1) is 9.65. The highest BCUT2D eigenvalue weighted by molar-refractivity contribution is 5.93. The standard InChI is InChI=1S/C15H14N2O3/c18-14(19)12-7-4-8-13(9-12)17-15(20)16-10-11-5-2-1-3-6-11/h1-9H,10H2,(H,18,19)(H2,16,17,20). The number of amides is 2. The third-order valence-electron chi connectivity index (χ3n) is 2.66. The molecule has 0 unspecified atom stereocenters. The van der Waals surface area contributed by atoms with E-state index in [2.05, 4.69) is 10.6 Å². The van der Waals surface area contributed by atoms with Gasteiger partial charge in [0.1, 0.15) is 0 Å². The van der Waals surface area contributed by atoms with Crippen molar-refractivity contribution in [3.8, 4) is 0 Å². The summed E-state index contributed by atoms with van der Waals surface area (Å²) in [7, 11) is 0. The fraction of sp³-hybridized carbons (Fsp3) is 0.0667. The van der Waals surface area contributed by atoms with E-state index in [1.165, 1.54) is 12.1 Å². The van der Waals surface area contributed by atoms with Crippen LogP contribution >= 0.6 is 0 Å². The second kappa shape index (κ2) is 6.38. The Morgan fingerprint density at radius 3 is 2.45 bits per heavy atom. The van der Waals surface area contributed by atoms with Gasteiger partial charge in [0.05, 0.1) is 5.56 Å². The highest BCUT2D eigenvalue weighted by atomic mass is 16.4. The Kier molecular flexibility index (Phi) is 4.34. The van der Waals surface area contributed by atoms with E-state index in [0.29, 0.717) is 12.2 Å². The molecule has 0 bridgehead atoms. The molecule has 0 fully saturated rings. The average Bonchev–Trinajstić information content (AvgIpc) is 2.46. The molecular weight excluding hydrogens is 256 g/mol. The summed E-state index contributed by atoms with van der Waals surface area (Å²) in [5.41, 5.74) is 1.56. The number of carboxylic acid groups (broad SMARTS) is 1. The first kappa shape index (κ1) is 13.6. The zero-order chi connectivity index (χ0) is 14.4. The molecule has 2 aromatic carbocycles. The van der Waals surface area contributed by atoms with Gasteiger partial charge in [-0.2, -0.15) is 0 Å². The zero-order valence-electron chi connectivity index (χ0n) is 10.7. The molecular formula is C15H14N2O3. The van der Waals surface area contributed by atoms with Gasteiger partial charge in [-0.05, 0) is 23.8 Å². The molecule has 3 N–H and O–H groups in total. The molecule has 0 spiro atoms. The number of hydrogen-bond donors (Lipinski definition) is 3. The van der Waals surface area contributed by atoms with Crippen molar-refractivity contribution < 1.29 is 14.7 Å². The van der Waals surface area contributed by atoms with Gasteiger partial charge in [0.25, 0.3) is 0 Å². The Morgan fingerprint density at radius 1 is 1.00 bits per heavy atom. The van der Waals surface area contributed by atoms with E-state index in [0.717, 1.165) is 5.56 Å². The highest BCUT2D eigenvalue weighted by Crippen LogP contribution is 2.10.